The molecule has 0 radical (unpaired) electrons. The van der Waals surface area contributed by atoms with Gasteiger partial charge < -0.3 is 10.4 Å². The molecule has 2 unspecified atom stereocenters. The van der Waals surface area contributed by atoms with Gasteiger partial charge in [-0.2, -0.15) is 0 Å². The van der Waals surface area contributed by atoms with Gasteiger partial charge in [0, 0.05) is 6.04 Å². The lowest BCUT2D eigenvalue weighted by Gasteiger charge is -2.18. The van der Waals surface area contributed by atoms with Crippen molar-refractivity contribution in [3.63, 3.8) is 0 Å². The van der Waals surface area contributed by atoms with Crippen molar-refractivity contribution in [1.82, 2.24) is 9.97 Å². The highest BCUT2D eigenvalue weighted by Crippen LogP contribution is 2.16. The topological polar surface area (TPSA) is 75.1 Å². The highest BCUT2D eigenvalue weighted by molar-refractivity contribution is 5.71. The number of rotatable bonds is 5. The van der Waals surface area contributed by atoms with Crippen molar-refractivity contribution >= 4 is 11.8 Å². The Morgan fingerprint density at radius 3 is 2.71 bits per heavy atom. The fraction of sp³-hybridized carbons (Fsp3) is 0.545. The second-order valence-corrected chi connectivity index (χ2v) is 3.90. The standard InChI is InChI=1S/C11H16FN3O2/c1-4-8-9(12)10(14-5-13-8)15-7(3)6(2)11(16)17/h5-7H,4H2,1-3H3,(H,16,17)(H,13,14,15). The van der Waals surface area contributed by atoms with Crippen LogP contribution in [0, 0.1) is 11.7 Å². The fourth-order valence-corrected chi connectivity index (χ4v) is 1.31. The van der Waals surface area contributed by atoms with Gasteiger partial charge in [-0.1, -0.05) is 6.92 Å². The SMILES string of the molecule is CCc1ncnc(NC(C)C(C)C(=O)O)c1F. The second-order valence-electron chi connectivity index (χ2n) is 3.90. The molecule has 1 aromatic rings. The molecule has 1 heterocycles. The molecular formula is C11H16FN3O2. The molecule has 2 atom stereocenters. The van der Waals surface area contributed by atoms with Crippen LogP contribution >= 0.6 is 0 Å². The first-order valence-electron chi connectivity index (χ1n) is 5.46. The lowest BCUT2D eigenvalue weighted by Crippen LogP contribution is -2.30. The van der Waals surface area contributed by atoms with Gasteiger partial charge in [-0.15, -0.1) is 0 Å². The number of aryl methyl sites for hydroxylation is 1. The first-order chi connectivity index (χ1) is 7.97. The summed E-state index contributed by atoms with van der Waals surface area (Å²) >= 11 is 0. The normalized spacial score (nSPS) is 14.1. The van der Waals surface area contributed by atoms with Gasteiger partial charge in [-0.3, -0.25) is 4.79 Å². The Balaban J connectivity index is 2.85. The van der Waals surface area contributed by atoms with E-state index in [1.807, 2.05) is 0 Å². The van der Waals surface area contributed by atoms with Gasteiger partial charge in [-0.25, -0.2) is 14.4 Å². The molecule has 0 saturated carbocycles. The molecule has 0 saturated heterocycles. The van der Waals surface area contributed by atoms with E-state index in [1.54, 1.807) is 20.8 Å². The van der Waals surface area contributed by atoms with Crippen LogP contribution in [0.25, 0.3) is 0 Å². The van der Waals surface area contributed by atoms with Gasteiger partial charge in [0.25, 0.3) is 0 Å². The zero-order chi connectivity index (χ0) is 13.0. The molecule has 17 heavy (non-hydrogen) atoms. The van der Waals surface area contributed by atoms with Crippen molar-refractivity contribution in [3.8, 4) is 0 Å². The number of halogens is 1. The smallest absolute Gasteiger partial charge is 0.308 e. The monoisotopic (exact) mass is 241 g/mol. The van der Waals surface area contributed by atoms with Gasteiger partial charge in [0.2, 0.25) is 0 Å². The Morgan fingerprint density at radius 1 is 1.53 bits per heavy atom. The summed E-state index contributed by atoms with van der Waals surface area (Å²) in [6.45, 7) is 5.02. The van der Waals surface area contributed by atoms with Gasteiger partial charge in [0.15, 0.2) is 11.6 Å². The predicted octanol–water partition coefficient (Wildman–Crippen LogP) is 1.70. The predicted molar refractivity (Wildman–Crippen MR) is 61.3 cm³/mol. The Kier molecular flexibility index (Phi) is 4.37. The van der Waals surface area contributed by atoms with Crippen LogP contribution in [0.4, 0.5) is 10.2 Å². The van der Waals surface area contributed by atoms with E-state index in [1.165, 1.54) is 6.33 Å². The number of carboxylic acid groups (broad SMARTS) is 1. The number of carboxylic acids is 1. The molecule has 0 aliphatic carbocycles. The summed E-state index contributed by atoms with van der Waals surface area (Å²) in [7, 11) is 0. The van der Waals surface area contributed by atoms with Gasteiger partial charge in [-0.05, 0) is 20.3 Å². The second kappa shape index (κ2) is 5.56. The van der Waals surface area contributed by atoms with Crippen LogP contribution in [0.1, 0.15) is 26.5 Å². The average molecular weight is 241 g/mol. The molecule has 0 aliphatic heterocycles. The minimum Gasteiger partial charge on any atom is -0.481 e. The number of nitrogens with zero attached hydrogens (tertiary/aromatic N) is 2. The number of carbonyl (C=O) groups is 1. The Bertz CT molecular complexity index is 412. The van der Waals surface area contributed by atoms with Crippen LogP contribution in [-0.2, 0) is 11.2 Å². The van der Waals surface area contributed by atoms with Crippen molar-refractivity contribution in [2.75, 3.05) is 5.32 Å². The van der Waals surface area contributed by atoms with Gasteiger partial charge in [0.1, 0.15) is 6.33 Å². The van der Waals surface area contributed by atoms with Crippen LogP contribution < -0.4 is 5.32 Å². The van der Waals surface area contributed by atoms with Gasteiger partial charge in [0.05, 0.1) is 11.6 Å². The maximum Gasteiger partial charge on any atom is 0.308 e. The maximum atomic E-state index is 13.8. The van der Waals surface area contributed by atoms with Crippen molar-refractivity contribution in [2.24, 2.45) is 5.92 Å². The summed E-state index contributed by atoms with van der Waals surface area (Å²) in [4.78, 5) is 18.4. The number of hydrogen-bond donors (Lipinski definition) is 2. The minimum atomic E-state index is -0.935. The van der Waals surface area contributed by atoms with E-state index in [4.69, 9.17) is 5.11 Å². The van der Waals surface area contributed by atoms with Gasteiger partial charge >= 0.3 is 5.97 Å². The summed E-state index contributed by atoms with van der Waals surface area (Å²) in [6, 6.07) is -0.415. The summed E-state index contributed by atoms with van der Waals surface area (Å²) < 4.78 is 13.8. The number of aliphatic carboxylic acids is 1. The Hall–Kier alpha value is -1.72. The molecule has 2 N–H and O–H groups in total. The highest BCUT2D eigenvalue weighted by Gasteiger charge is 2.21. The molecular weight excluding hydrogens is 225 g/mol. The van der Waals surface area contributed by atoms with E-state index in [-0.39, 0.29) is 5.82 Å². The molecule has 0 aliphatic rings. The van der Waals surface area contributed by atoms with E-state index < -0.39 is 23.7 Å². The molecule has 94 valence electrons. The Labute approximate surface area is 99.1 Å². The minimum absolute atomic E-state index is 0.0532. The third-order valence-corrected chi connectivity index (χ3v) is 2.70. The van der Waals surface area contributed by atoms with E-state index in [2.05, 4.69) is 15.3 Å². The zero-order valence-corrected chi connectivity index (χ0v) is 10.1. The molecule has 0 amide bonds. The summed E-state index contributed by atoms with van der Waals surface area (Å²) in [5.74, 6) is -2.03. The molecule has 1 rings (SSSR count). The Morgan fingerprint density at radius 2 is 2.18 bits per heavy atom. The van der Waals surface area contributed by atoms with E-state index in [0.29, 0.717) is 12.1 Å². The van der Waals surface area contributed by atoms with Crippen LogP contribution in [0.5, 0.6) is 0 Å². The molecule has 6 heteroatoms. The molecule has 0 fully saturated rings. The summed E-state index contributed by atoms with van der Waals surface area (Å²) in [6.07, 6.45) is 1.73. The molecule has 0 aromatic carbocycles. The zero-order valence-electron chi connectivity index (χ0n) is 10.1. The lowest BCUT2D eigenvalue weighted by molar-refractivity contribution is -0.141. The number of hydrogen-bond acceptors (Lipinski definition) is 4. The number of aromatic nitrogens is 2. The van der Waals surface area contributed by atoms with Crippen molar-refractivity contribution in [1.29, 1.82) is 0 Å². The maximum absolute atomic E-state index is 13.8. The van der Waals surface area contributed by atoms with E-state index in [0.717, 1.165) is 0 Å². The quantitative estimate of drug-likeness (QED) is 0.820. The number of nitrogens with one attached hydrogen (secondary N) is 1. The third kappa shape index (κ3) is 3.12. The third-order valence-electron chi connectivity index (χ3n) is 2.70. The van der Waals surface area contributed by atoms with Crippen molar-refractivity contribution in [3.05, 3.63) is 17.8 Å². The molecule has 5 nitrogen and oxygen atoms in total. The number of anilines is 1. The van der Waals surface area contributed by atoms with E-state index in [9.17, 15) is 9.18 Å². The first kappa shape index (κ1) is 13.3. The van der Waals surface area contributed by atoms with Crippen molar-refractivity contribution < 1.29 is 14.3 Å². The largest absolute Gasteiger partial charge is 0.481 e. The fourth-order valence-electron chi connectivity index (χ4n) is 1.31. The average Bonchev–Trinajstić information content (AvgIpc) is 2.30. The molecule has 0 bridgehead atoms. The van der Waals surface area contributed by atoms with Crippen LogP contribution in [0.15, 0.2) is 6.33 Å². The van der Waals surface area contributed by atoms with Crippen molar-refractivity contribution in [2.45, 2.75) is 33.2 Å². The first-order valence-corrected chi connectivity index (χ1v) is 5.46. The molecule has 1 aromatic heterocycles. The van der Waals surface area contributed by atoms with E-state index >= 15 is 0 Å². The highest BCUT2D eigenvalue weighted by atomic mass is 19.1. The van der Waals surface area contributed by atoms with Crippen LogP contribution in [0.2, 0.25) is 0 Å². The summed E-state index contributed by atoms with van der Waals surface area (Å²) in [5, 5.41) is 11.6. The molecule has 0 spiro atoms. The summed E-state index contributed by atoms with van der Waals surface area (Å²) in [5.41, 5.74) is 0.317. The van der Waals surface area contributed by atoms with Crippen LogP contribution in [-0.4, -0.2) is 27.1 Å². The van der Waals surface area contributed by atoms with Crippen LogP contribution in [0.3, 0.4) is 0 Å². The lowest BCUT2D eigenvalue weighted by atomic mass is 10.0.